The van der Waals surface area contributed by atoms with Crippen LogP contribution >= 0.6 is 11.3 Å². The van der Waals surface area contributed by atoms with E-state index in [2.05, 4.69) is 9.97 Å². The Hall–Kier alpha value is -2.14. The predicted molar refractivity (Wildman–Crippen MR) is 79.6 cm³/mol. The molecule has 0 aliphatic rings. The van der Waals surface area contributed by atoms with Crippen LogP contribution in [0.15, 0.2) is 42.0 Å². The Kier molecular flexibility index (Phi) is 3.78. The van der Waals surface area contributed by atoms with Gasteiger partial charge in [-0.25, -0.2) is 9.97 Å². The molecular formula is C15H14N2O2S. The molecule has 3 rings (SSSR count). The Morgan fingerprint density at radius 1 is 1.10 bits per heavy atom. The van der Waals surface area contributed by atoms with Gasteiger partial charge in [-0.15, -0.1) is 11.3 Å². The molecule has 4 nitrogen and oxygen atoms in total. The van der Waals surface area contributed by atoms with Crippen LogP contribution in [0.5, 0.6) is 11.6 Å². The molecule has 0 aliphatic carbocycles. The molecule has 0 saturated heterocycles. The van der Waals surface area contributed by atoms with E-state index >= 15 is 0 Å². The zero-order chi connectivity index (χ0) is 13.8. The minimum Gasteiger partial charge on any atom is -0.490 e. The summed E-state index contributed by atoms with van der Waals surface area (Å²) in [6, 6.07) is 9.93. The van der Waals surface area contributed by atoms with Gasteiger partial charge in [-0.2, -0.15) is 0 Å². The van der Waals surface area contributed by atoms with Gasteiger partial charge in [-0.05, 0) is 36.1 Å². The fraction of sp³-hybridized carbons (Fsp3) is 0.200. The summed E-state index contributed by atoms with van der Waals surface area (Å²) in [5.41, 5.74) is 1.18. The highest BCUT2D eigenvalue weighted by Gasteiger charge is 2.05. The van der Waals surface area contributed by atoms with E-state index in [1.165, 1.54) is 11.9 Å². The zero-order valence-electron chi connectivity index (χ0n) is 11.1. The quantitative estimate of drug-likeness (QED) is 0.674. The number of aryl methyl sites for hydroxylation is 1. The molecule has 0 radical (unpaired) electrons. The van der Waals surface area contributed by atoms with Crippen molar-refractivity contribution in [2.75, 3.05) is 13.2 Å². The SMILES string of the molecule is Cc1cccc(OCCOc2ncnc3sccc23)c1. The van der Waals surface area contributed by atoms with Crippen LogP contribution in [0, 0.1) is 6.92 Å². The molecule has 2 heterocycles. The van der Waals surface area contributed by atoms with Gasteiger partial charge in [0, 0.05) is 0 Å². The first-order valence-corrected chi connectivity index (χ1v) is 7.21. The molecule has 0 unspecified atom stereocenters. The molecule has 0 N–H and O–H groups in total. The number of ether oxygens (including phenoxy) is 2. The highest BCUT2D eigenvalue weighted by atomic mass is 32.1. The number of hydrogen-bond acceptors (Lipinski definition) is 5. The molecule has 0 amide bonds. The van der Waals surface area contributed by atoms with Gasteiger partial charge >= 0.3 is 0 Å². The minimum atomic E-state index is 0.454. The second-order valence-corrected chi connectivity index (χ2v) is 5.23. The summed E-state index contributed by atoms with van der Waals surface area (Å²) in [6.07, 6.45) is 1.52. The molecule has 2 aromatic heterocycles. The van der Waals surface area contributed by atoms with E-state index < -0.39 is 0 Å². The first-order chi connectivity index (χ1) is 9.83. The number of thiophene rings is 1. The summed E-state index contributed by atoms with van der Waals surface area (Å²) in [5.74, 6) is 1.47. The highest BCUT2D eigenvalue weighted by molar-refractivity contribution is 7.16. The van der Waals surface area contributed by atoms with E-state index in [0.29, 0.717) is 19.1 Å². The Labute approximate surface area is 121 Å². The fourth-order valence-electron chi connectivity index (χ4n) is 1.89. The standard InChI is InChI=1S/C15H14N2O2S/c1-11-3-2-4-12(9-11)18-6-7-19-14-13-5-8-20-15(13)17-10-16-14/h2-5,8-10H,6-7H2,1H3. The molecule has 1 aromatic carbocycles. The van der Waals surface area contributed by atoms with E-state index in [9.17, 15) is 0 Å². The summed E-state index contributed by atoms with van der Waals surface area (Å²) in [6.45, 7) is 2.98. The lowest BCUT2D eigenvalue weighted by atomic mass is 10.2. The lowest BCUT2D eigenvalue weighted by Gasteiger charge is -2.08. The topological polar surface area (TPSA) is 44.2 Å². The van der Waals surface area contributed by atoms with Crippen molar-refractivity contribution in [2.24, 2.45) is 0 Å². The van der Waals surface area contributed by atoms with Gasteiger partial charge in [0.25, 0.3) is 0 Å². The van der Waals surface area contributed by atoms with Gasteiger partial charge in [0.15, 0.2) is 0 Å². The van der Waals surface area contributed by atoms with Crippen LogP contribution in [0.4, 0.5) is 0 Å². The third-order valence-corrected chi connectivity index (χ3v) is 3.63. The van der Waals surface area contributed by atoms with Crippen LogP contribution < -0.4 is 9.47 Å². The van der Waals surface area contributed by atoms with Crippen LogP contribution in [-0.2, 0) is 0 Å². The molecule has 3 aromatic rings. The second kappa shape index (κ2) is 5.88. The summed E-state index contributed by atoms with van der Waals surface area (Å²) in [7, 11) is 0. The first-order valence-electron chi connectivity index (χ1n) is 6.33. The van der Waals surface area contributed by atoms with E-state index in [4.69, 9.17) is 9.47 Å². The van der Waals surface area contributed by atoms with Gasteiger partial charge < -0.3 is 9.47 Å². The van der Waals surface area contributed by atoms with E-state index in [0.717, 1.165) is 16.0 Å². The third-order valence-electron chi connectivity index (χ3n) is 2.81. The number of nitrogens with zero attached hydrogens (tertiary/aromatic N) is 2. The first kappa shape index (κ1) is 12.9. The van der Waals surface area contributed by atoms with Crippen molar-refractivity contribution >= 4 is 21.6 Å². The van der Waals surface area contributed by atoms with Crippen molar-refractivity contribution in [3.8, 4) is 11.6 Å². The lowest BCUT2D eigenvalue weighted by molar-refractivity contribution is 0.213. The smallest absolute Gasteiger partial charge is 0.225 e. The molecule has 20 heavy (non-hydrogen) atoms. The average Bonchev–Trinajstić information content (AvgIpc) is 2.93. The van der Waals surface area contributed by atoms with Crippen molar-refractivity contribution in [1.82, 2.24) is 9.97 Å². The van der Waals surface area contributed by atoms with Crippen molar-refractivity contribution in [2.45, 2.75) is 6.92 Å². The van der Waals surface area contributed by atoms with E-state index in [1.54, 1.807) is 11.3 Å². The molecule has 0 atom stereocenters. The van der Waals surface area contributed by atoms with Gasteiger partial charge in [-0.1, -0.05) is 12.1 Å². The second-order valence-electron chi connectivity index (χ2n) is 4.33. The van der Waals surface area contributed by atoms with Crippen molar-refractivity contribution in [3.05, 3.63) is 47.6 Å². The van der Waals surface area contributed by atoms with Crippen molar-refractivity contribution in [1.29, 1.82) is 0 Å². The van der Waals surface area contributed by atoms with Crippen LogP contribution in [-0.4, -0.2) is 23.2 Å². The lowest BCUT2D eigenvalue weighted by Crippen LogP contribution is -2.09. The van der Waals surface area contributed by atoms with Crippen LogP contribution in [0.25, 0.3) is 10.2 Å². The average molecular weight is 286 g/mol. The normalized spacial score (nSPS) is 10.7. The maximum atomic E-state index is 5.66. The molecule has 0 bridgehead atoms. The van der Waals surface area contributed by atoms with Gasteiger partial charge in [0.05, 0.1) is 5.39 Å². The van der Waals surface area contributed by atoms with Gasteiger partial charge in [0.2, 0.25) is 5.88 Å². The predicted octanol–water partition coefficient (Wildman–Crippen LogP) is 3.46. The Balaban J connectivity index is 1.56. The van der Waals surface area contributed by atoms with Crippen LogP contribution in [0.3, 0.4) is 0 Å². The largest absolute Gasteiger partial charge is 0.490 e. The Morgan fingerprint density at radius 3 is 2.90 bits per heavy atom. The molecule has 0 spiro atoms. The summed E-state index contributed by atoms with van der Waals surface area (Å²) in [5, 5.41) is 2.93. The molecule has 0 aliphatic heterocycles. The number of hydrogen-bond donors (Lipinski definition) is 0. The van der Waals surface area contributed by atoms with Crippen molar-refractivity contribution < 1.29 is 9.47 Å². The van der Waals surface area contributed by atoms with Crippen LogP contribution in [0.1, 0.15) is 5.56 Å². The maximum Gasteiger partial charge on any atom is 0.225 e. The minimum absolute atomic E-state index is 0.454. The number of aromatic nitrogens is 2. The van der Waals surface area contributed by atoms with Crippen molar-refractivity contribution in [3.63, 3.8) is 0 Å². The summed E-state index contributed by atoms with van der Waals surface area (Å²) < 4.78 is 11.3. The number of benzene rings is 1. The van der Waals surface area contributed by atoms with Crippen LogP contribution in [0.2, 0.25) is 0 Å². The maximum absolute atomic E-state index is 5.66. The summed E-state index contributed by atoms with van der Waals surface area (Å²) in [4.78, 5) is 9.28. The third kappa shape index (κ3) is 2.88. The number of rotatable bonds is 5. The molecule has 0 saturated carbocycles. The fourth-order valence-corrected chi connectivity index (χ4v) is 2.61. The monoisotopic (exact) mass is 286 g/mol. The number of fused-ring (bicyclic) bond motifs is 1. The van der Waals surface area contributed by atoms with Gasteiger partial charge in [0.1, 0.15) is 30.1 Å². The molecule has 102 valence electrons. The molecule has 0 fully saturated rings. The molecular weight excluding hydrogens is 272 g/mol. The summed E-state index contributed by atoms with van der Waals surface area (Å²) >= 11 is 1.58. The highest BCUT2D eigenvalue weighted by Crippen LogP contribution is 2.25. The van der Waals surface area contributed by atoms with Gasteiger partial charge in [-0.3, -0.25) is 0 Å². The van der Waals surface area contributed by atoms with E-state index in [-0.39, 0.29) is 0 Å². The Morgan fingerprint density at radius 2 is 2.00 bits per heavy atom. The molecule has 5 heteroatoms. The Bertz CT molecular complexity index is 712. The zero-order valence-corrected chi connectivity index (χ0v) is 11.9. The van der Waals surface area contributed by atoms with E-state index in [1.807, 2.05) is 42.6 Å².